The lowest BCUT2D eigenvalue weighted by molar-refractivity contribution is 0.240. The van der Waals surface area contributed by atoms with Gasteiger partial charge >= 0.3 is 0 Å². The van der Waals surface area contributed by atoms with Gasteiger partial charge in [0.25, 0.3) is 0 Å². The molecule has 0 aromatic heterocycles. The van der Waals surface area contributed by atoms with Crippen LogP contribution in [0.3, 0.4) is 0 Å². The summed E-state index contributed by atoms with van der Waals surface area (Å²) in [5.41, 5.74) is 1.18. The van der Waals surface area contributed by atoms with Crippen LogP contribution in [0.2, 0.25) is 0 Å². The second-order valence-corrected chi connectivity index (χ2v) is 6.01. The van der Waals surface area contributed by atoms with Crippen molar-refractivity contribution in [3.63, 3.8) is 0 Å². The molecule has 1 unspecified atom stereocenters. The summed E-state index contributed by atoms with van der Waals surface area (Å²) in [4.78, 5) is 2.28. The van der Waals surface area contributed by atoms with E-state index in [0.717, 1.165) is 25.1 Å². The molecule has 2 rings (SSSR count). The van der Waals surface area contributed by atoms with Crippen LogP contribution in [0.4, 0.5) is 4.39 Å². The lowest BCUT2D eigenvalue weighted by atomic mass is 10.0. The summed E-state index contributed by atoms with van der Waals surface area (Å²) >= 11 is 0. The summed E-state index contributed by atoms with van der Waals surface area (Å²) in [5, 5.41) is 3.51. The first-order chi connectivity index (χ1) is 8.91. The van der Waals surface area contributed by atoms with Gasteiger partial charge in [-0.2, -0.15) is 0 Å². The van der Waals surface area contributed by atoms with Crippen molar-refractivity contribution < 1.29 is 9.13 Å². The monoisotopic (exact) mass is 266 g/mol. The van der Waals surface area contributed by atoms with Crippen LogP contribution in [0.5, 0.6) is 5.75 Å². The minimum Gasteiger partial charge on any atom is -0.494 e. The predicted octanol–water partition coefficient (Wildman–Crippen LogP) is 2.41. The fourth-order valence-corrected chi connectivity index (χ4v) is 2.66. The molecule has 0 aliphatic carbocycles. The van der Waals surface area contributed by atoms with Gasteiger partial charge in [0.2, 0.25) is 0 Å². The summed E-state index contributed by atoms with van der Waals surface area (Å²) in [6.07, 6.45) is 1.11. The Balaban J connectivity index is 1.99. The van der Waals surface area contributed by atoms with Crippen LogP contribution in [0.15, 0.2) is 18.2 Å². The summed E-state index contributed by atoms with van der Waals surface area (Å²) in [5.74, 6) is 0.00773. The molecular formula is C15H23FN2O. The van der Waals surface area contributed by atoms with Crippen LogP contribution in [-0.2, 0) is 6.54 Å². The van der Waals surface area contributed by atoms with Crippen molar-refractivity contribution in [3.8, 4) is 5.75 Å². The maximum absolute atomic E-state index is 13.6. The fraction of sp³-hybridized carbons (Fsp3) is 0.600. The van der Waals surface area contributed by atoms with E-state index in [1.165, 1.54) is 7.11 Å². The van der Waals surface area contributed by atoms with E-state index in [1.54, 1.807) is 12.1 Å². The third-order valence-corrected chi connectivity index (χ3v) is 3.83. The van der Waals surface area contributed by atoms with Crippen molar-refractivity contribution >= 4 is 0 Å². The van der Waals surface area contributed by atoms with E-state index < -0.39 is 0 Å². The number of likely N-dealkylation sites (N-methyl/N-ethyl adjacent to an activating group) is 1. The highest BCUT2D eigenvalue weighted by Gasteiger charge is 2.32. The van der Waals surface area contributed by atoms with Crippen molar-refractivity contribution in [3.05, 3.63) is 29.6 Å². The van der Waals surface area contributed by atoms with Gasteiger partial charge in [-0.1, -0.05) is 6.07 Å². The number of halogens is 1. The van der Waals surface area contributed by atoms with Gasteiger partial charge in [0.1, 0.15) is 0 Å². The molecule has 4 heteroatoms. The smallest absolute Gasteiger partial charge is 0.165 e. The summed E-state index contributed by atoms with van der Waals surface area (Å²) in [6, 6.07) is 5.67. The van der Waals surface area contributed by atoms with Crippen LogP contribution in [0, 0.1) is 5.82 Å². The van der Waals surface area contributed by atoms with Crippen molar-refractivity contribution in [2.75, 3.05) is 20.7 Å². The number of benzene rings is 1. The summed E-state index contributed by atoms with van der Waals surface area (Å²) in [7, 11) is 3.58. The summed E-state index contributed by atoms with van der Waals surface area (Å²) in [6.45, 7) is 6.17. The Kier molecular flexibility index (Phi) is 4.11. The second kappa shape index (κ2) is 5.47. The molecule has 0 radical (unpaired) electrons. The zero-order valence-electron chi connectivity index (χ0n) is 12.2. The number of methoxy groups -OCH3 is 1. The van der Waals surface area contributed by atoms with E-state index >= 15 is 0 Å². The van der Waals surface area contributed by atoms with E-state index in [0.29, 0.717) is 11.8 Å². The fourth-order valence-electron chi connectivity index (χ4n) is 2.66. The average molecular weight is 266 g/mol. The number of nitrogens with one attached hydrogen (secondary N) is 1. The zero-order chi connectivity index (χ0) is 14.0. The molecule has 1 saturated heterocycles. The number of nitrogens with zero attached hydrogens (tertiary/aromatic N) is 1. The van der Waals surface area contributed by atoms with E-state index in [-0.39, 0.29) is 11.4 Å². The van der Waals surface area contributed by atoms with Gasteiger partial charge in [-0.05, 0) is 45.0 Å². The molecule has 19 heavy (non-hydrogen) atoms. The number of hydrogen-bond donors (Lipinski definition) is 1. The quantitative estimate of drug-likeness (QED) is 0.905. The lowest BCUT2D eigenvalue weighted by Crippen LogP contribution is -2.32. The van der Waals surface area contributed by atoms with Crippen molar-refractivity contribution in [1.29, 1.82) is 0 Å². The molecule has 1 N–H and O–H groups in total. The van der Waals surface area contributed by atoms with Gasteiger partial charge in [-0.25, -0.2) is 4.39 Å². The molecule has 1 atom stereocenters. The molecule has 0 saturated carbocycles. The van der Waals surface area contributed by atoms with Crippen LogP contribution >= 0.6 is 0 Å². The Hall–Kier alpha value is -1.13. The maximum Gasteiger partial charge on any atom is 0.165 e. The van der Waals surface area contributed by atoms with Gasteiger partial charge in [0.05, 0.1) is 7.11 Å². The minimum atomic E-state index is -0.293. The average Bonchev–Trinajstić information content (AvgIpc) is 2.70. The molecule has 3 nitrogen and oxygen atoms in total. The molecule has 1 aliphatic heterocycles. The Morgan fingerprint density at radius 1 is 1.47 bits per heavy atom. The first-order valence-electron chi connectivity index (χ1n) is 6.69. The van der Waals surface area contributed by atoms with Crippen LogP contribution < -0.4 is 10.1 Å². The molecule has 1 aliphatic rings. The molecule has 106 valence electrons. The van der Waals surface area contributed by atoms with E-state index in [4.69, 9.17) is 4.74 Å². The Morgan fingerprint density at radius 2 is 2.21 bits per heavy atom. The lowest BCUT2D eigenvalue weighted by Gasteiger charge is -2.25. The van der Waals surface area contributed by atoms with E-state index in [9.17, 15) is 4.39 Å². The van der Waals surface area contributed by atoms with Crippen LogP contribution in [0.25, 0.3) is 0 Å². The van der Waals surface area contributed by atoms with E-state index in [2.05, 4.69) is 31.1 Å². The highest BCUT2D eigenvalue weighted by molar-refractivity contribution is 5.29. The van der Waals surface area contributed by atoms with Gasteiger partial charge in [0.15, 0.2) is 11.6 Å². The highest BCUT2D eigenvalue weighted by Crippen LogP contribution is 2.24. The number of hydrogen-bond acceptors (Lipinski definition) is 3. The van der Waals surface area contributed by atoms with Gasteiger partial charge in [-0.3, -0.25) is 4.90 Å². The Morgan fingerprint density at radius 3 is 2.74 bits per heavy atom. The molecule has 1 aromatic rings. The maximum atomic E-state index is 13.6. The molecule has 1 heterocycles. The van der Waals surface area contributed by atoms with Crippen molar-refractivity contribution in [2.24, 2.45) is 0 Å². The molecule has 0 amide bonds. The molecule has 1 aromatic carbocycles. The minimum absolute atomic E-state index is 0.198. The zero-order valence-corrected chi connectivity index (χ0v) is 12.2. The van der Waals surface area contributed by atoms with Crippen molar-refractivity contribution in [1.82, 2.24) is 10.2 Å². The van der Waals surface area contributed by atoms with Gasteiger partial charge in [0, 0.05) is 24.7 Å². The first-order valence-corrected chi connectivity index (χ1v) is 6.69. The van der Waals surface area contributed by atoms with Crippen LogP contribution in [0.1, 0.15) is 25.8 Å². The highest BCUT2D eigenvalue weighted by atomic mass is 19.1. The topological polar surface area (TPSA) is 24.5 Å². The van der Waals surface area contributed by atoms with E-state index in [1.807, 2.05) is 6.07 Å². The SMILES string of the molecule is COc1ccc(CN(C)C2CNC(C)(C)C2)cc1F. The molecular weight excluding hydrogens is 243 g/mol. The third kappa shape index (κ3) is 3.45. The van der Waals surface area contributed by atoms with Gasteiger partial charge in [-0.15, -0.1) is 0 Å². The normalized spacial score (nSPS) is 21.9. The molecule has 0 spiro atoms. The van der Waals surface area contributed by atoms with Crippen molar-refractivity contribution in [2.45, 2.75) is 38.4 Å². The standard InChI is InChI=1S/C15H23FN2O/c1-15(2)8-12(9-17-15)18(3)10-11-5-6-14(19-4)13(16)7-11/h5-7,12,17H,8-10H2,1-4H3. The second-order valence-electron chi connectivity index (χ2n) is 6.01. The van der Waals surface area contributed by atoms with Gasteiger partial charge < -0.3 is 10.1 Å². The molecule has 0 bridgehead atoms. The number of ether oxygens (including phenoxy) is 1. The number of rotatable bonds is 4. The predicted molar refractivity (Wildman–Crippen MR) is 74.9 cm³/mol. The largest absolute Gasteiger partial charge is 0.494 e. The third-order valence-electron chi connectivity index (χ3n) is 3.83. The molecule has 1 fully saturated rings. The first kappa shape index (κ1) is 14.3. The Labute approximate surface area is 114 Å². The Bertz CT molecular complexity index is 448. The van der Waals surface area contributed by atoms with Crippen LogP contribution in [-0.4, -0.2) is 37.2 Å². The summed E-state index contributed by atoms with van der Waals surface area (Å²) < 4.78 is 18.6.